The smallest absolute Gasteiger partial charge is 0.195 e. The number of hydrogen-bond donors (Lipinski definition) is 0. The molecule has 0 amide bonds. The summed E-state index contributed by atoms with van der Waals surface area (Å²) >= 11 is 3.20. The lowest BCUT2D eigenvalue weighted by Crippen LogP contribution is -2.10. The van der Waals surface area contributed by atoms with E-state index in [1.807, 2.05) is 47.2 Å². The Kier molecular flexibility index (Phi) is 7.63. The predicted octanol–water partition coefficient (Wildman–Crippen LogP) is 9.76. The van der Waals surface area contributed by atoms with Crippen LogP contribution in [0, 0.1) is 0 Å². The van der Waals surface area contributed by atoms with Gasteiger partial charge in [0.25, 0.3) is 0 Å². The predicted molar refractivity (Wildman–Crippen MR) is 160 cm³/mol. The lowest BCUT2D eigenvalue weighted by atomic mass is 9.86. The summed E-state index contributed by atoms with van der Waals surface area (Å²) in [7, 11) is 0. The van der Waals surface area contributed by atoms with E-state index in [0.717, 1.165) is 32.0 Å². The van der Waals surface area contributed by atoms with Crippen LogP contribution in [0.2, 0.25) is 0 Å². The third kappa shape index (κ3) is 6.21. The van der Waals surface area contributed by atoms with Gasteiger partial charge in [0.15, 0.2) is 5.78 Å². The van der Waals surface area contributed by atoms with Crippen molar-refractivity contribution >= 4 is 51.8 Å². The first-order chi connectivity index (χ1) is 17.0. The van der Waals surface area contributed by atoms with E-state index in [0.29, 0.717) is 0 Å². The Morgan fingerprint density at radius 1 is 0.583 bits per heavy atom. The first kappa shape index (κ1) is 26.1. The summed E-state index contributed by atoms with van der Waals surface area (Å²) in [5, 5.41) is 4.05. The molecule has 0 saturated heterocycles. The van der Waals surface area contributed by atoms with Crippen LogP contribution in [0.1, 0.15) is 73.6 Å². The lowest BCUT2D eigenvalue weighted by Gasteiger charge is -2.19. The molecular weight excluding hydrogens is 476 g/mol. The van der Waals surface area contributed by atoms with Crippen molar-refractivity contribution in [2.24, 2.45) is 0 Å². The van der Waals surface area contributed by atoms with Crippen LogP contribution >= 0.6 is 22.7 Å². The van der Waals surface area contributed by atoms with E-state index in [1.165, 1.54) is 11.1 Å². The highest BCUT2D eigenvalue weighted by Crippen LogP contribution is 2.34. The Morgan fingerprint density at radius 3 is 1.22 bits per heavy atom. The maximum absolute atomic E-state index is 14.2. The molecule has 4 rings (SSSR count). The second kappa shape index (κ2) is 10.5. The molecule has 0 radical (unpaired) electrons. The fourth-order valence-electron chi connectivity index (χ4n) is 4.00. The average Bonchev–Trinajstić information content (AvgIpc) is 3.55. The van der Waals surface area contributed by atoms with Gasteiger partial charge in [-0.1, -0.05) is 102 Å². The van der Waals surface area contributed by atoms with Gasteiger partial charge in [0, 0.05) is 20.9 Å². The van der Waals surface area contributed by atoms with Crippen molar-refractivity contribution in [3.8, 4) is 0 Å². The van der Waals surface area contributed by atoms with Crippen LogP contribution in [0.5, 0.6) is 0 Å². The van der Waals surface area contributed by atoms with Crippen LogP contribution in [0.4, 0.5) is 0 Å². The molecule has 36 heavy (non-hydrogen) atoms. The summed E-state index contributed by atoms with van der Waals surface area (Å²) in [5.74, 6) is 0.0414. The number of ketones is 1. The fraction of sp³-hybridized carbons (Fsp3) is 0.242. The van der Waals surface area contributed by atoms with Gasteiger partial charge in [-0.05, 0) is 68.1 Å². The zero-order valence-electron chi connectivity index (χ0n) is 22.0. The standard InChI is InChI=1S/C33H34OS2/c1-32(2,3)25-15-11-23(12-16-25)21-27(29-9-7-19-35-29)31(34)28(30-10-8-20-36-30)22-24-13-17-26(18-14-24)33(4,5)6/h7-22H,1-6H3. The van der Waals surface area contributed by atoms with Gasteiger partial charge < -0.3 is 0 Å². The molecule has 0 atom stereocenters. The minimum atomic E-state index is 0.0414. The second-order valence-corrected chi connectivity index (χ2v) is 13.0. The summed E-state index contributed by atoms with van der Waals surface area (Å²) in [5.41, 5.74) is 6.24. The van der Waals surface area contributed by atoms with Gasteiger partial charge >= 0.3 is 0 Å². The van der Waals surface area contributed by atoms with E-state index < -0.39 is 0 Å². The molecule has 0 fully saturated rings. The van der Waals surface area contributed by atoms with Crippen molar-refractivity contribution in [2.75, 3.05) is 0 Å². The number of Topliss-reactive ketones (excluding diaryl/α,β-unsaturated/α-hetero) is 1. The first-order valence-electron chi connectivity index (χ1n) is 12.3. The minimum absolute atomic E-state index is 0.0414. The van der Waals surface area contributed by atoms with Crippen molar-refractivity contribution in [2.45, 2.75) is 52.4 Å². The normalized spacial score (nSPS) is 13.2. The molecule has 1 nitrogen and oxygen atoms in total. The Hall–Kier alpha value is -3.01. The number of rotatable bonds is 6. The highest BCUT2D eigenvalue weighted by molar-refractivity contribution is 7.12. The minimum Gasteiger partial charge on any atom is -0.289 e. The van der Waals surface area contributed by atoms with Crippen molar-refractivity contribution in [1.29, 1.82) is 0 Å². The van der Waals surface area contributed by atoms with Gasteiger partial charge in [-0.2, -0.15) is 0 Å². The molecule has 0 aliphatic carbocycles. The van der Waals surface area contributed by atoms with Crippen LogP contribution < -0.4 is 0 Å². The highest BCUT2D eigenvalue weighted by atomic mass is 32.1. The maximum Gasteiger partial charge on any atom is 0.195 e. The molecule has 2 aromatic carbocycles. The molecule has 0 saturated carbocycles. The van der Waals surface area contributed by atoms with Crippen LogP contribution in [0.3, 0.4) is 0 Å². The molecule has 0 spiro atoms. The molecule has 0 aliphatic heterocycles. The van der Waals surface area contributed by atoms with Crippen molar-refractivity contribution in [1.82, 2.24) is 0 Å². The first-order valence-corrected chi connectivity index (χ1v) is 14.1. The largest absolute Gasteiger partial charge is 0.289 e. The fourth-order valence-corrected chi connectivity index (χ4v) is 5.48. The monoisotopic (exact) mass is 510 g/mol. The molecule has 2 aromatic heterocycles. The molecule has 3 heteroatoms. The molecule has 0 aliphatic rings. The average molecular weight is 511 g/mol. The van der Waals surface area contributed by atoms with Gasteiger partial charge in [-0.15, -0.1) is 22.7 Å². The Bertz CT molecular complexity index is 1240. The van der Waals surface area contributed by atoms with Gasteiger partial charge in [0.1, 0.15) is 0 Å². The topological polar surface area (TPSA) is 17.1 Å². The summed E-state index contributed by atoms with van der Waals surface area (Å²) in [4.78, 5) is 16.1. The van der Waals surface area contributed by atoms with Gasteiger partial charge in [-0.3, -0.25) is 4.79 Å². The highest BCUT2D eigenvalue weighted by Gasteiger charge is 2.21. The molecule has 4 aromatic rings. The van der Waals surface area contributed by atoms with Crippen LogP contribution in [-0.2, 0) is 15.6 Å². The Morgan fingerprint density at radius 2 is 0.944 bits per heavy atom. The number of thiophene rings is 2. The summed E-state index contributed by atoms with van der Waals surface area (Å²) in [6, 6.07) is 25.2. The molecule has 184 valence electrons. The molecule has 0 unspecified atom stereocenters. The number of allylic oxidation sites excluding steroid dienone is 2. The van der Waals surface area contributed by atoms with E-state index in [2.05, 4.69) is 90.1 Å². The zero-order chi connectivity index (χ0) is 25.9. The van der Waals surface area contributed by atoms with E-state index in [-0.39, 0.29) is 16.6 Å². The molecule has 2 heterocycles. The molecule has 0 bridgehead atoms. The van der Waals surface area contributed by atoms with E-state index in [4.69, 9.17) is 0 Å². The van der Waals surface area contributed by atoms with E-state index in [9.17, 15) is 4.79 Å². The summed E-state index contributed by atoms with van der Waals surface area (Å²) in [6.45, 7) is 13.3. The number of carbonyl (C=O) groups is 1. The van der Waals surface area contributed by atoms with Crippen LogP contribution in [0.15, 0.2) is 83.6 Å². The summed E-state index contributed by atoms with van der Waals surface area (Å²) in [6.07, 6.45) is 4.06. The zero-order valence-corrected chi connectivity index (χ0v) is 23.6. The number of benzene rings is 2. The Balaban J connectivity index is 1.78. The van der Waals surface area contributed by atoms with E-state index in [1.54, 1.807) is 22.7 Å². The van der Waals surface area contributed by atoms with Crippen molar-refractivity contribution < 1.29 is 4.79 Å². The quantitative estimate of drug-likeness (QED) is 0.236. The lowest BCUT2D eigenvalue weighted by molar-refractivity contribution is -0.108. The SMILES string of the molecule is CC(C)(C)c1ccc(C=C(C(=O)C(=Cc2ccc(C(C)(C)C)cc2)c2cccs2)c2cccs2)cc1. The third-order valence-electron chi connectivity index (χ3n) is 6.24. The second-order valence-electron chi connectivity index (χ2n) is 11.1. The maximum atomic E-state index is 14.2. The number of hydrogen-bond acceptors (Lipinski definition) is 3. The van der Waals surface area contributed by atoms with Gasteiger partial charge in [0.05, 0.1) is 0 Å². The molecule has 0 N–H and O–H groups in total. The summed E-state index contributed by atoms with van der Waals surface area (Å²) < 4.78 is 0. The van der Waals surface area contributed by atoms with Crippen LogP contribution in [0.25, 0.3) is 23.3 Å². The van der Waals surface area contributed by atoms with E-state index >= 15 is 0 Å². The van der Waals surface area contributed by atoms with Crippen LogP contribution in [-0.4, -0.2) is 5.78 Å². The third-order valence-corrected chi connectivity index (χ3v) is 8.04. The molecular formula is C33H34OS2. The van der Waals surface area contributed by atoms with Crippen molar-refractivity contribution in [3.63, 3.8) is 0 Å². The van der Waals surface area contributed by atoms with Crippen molar-refractivity contribution in [3.05, 3.63) is 116 Å². The number of carbonyl (C=O) groups excluding carboxylic acids is 1. The Labute approximate surface area is 223 Å². The van der Waals surface area contributed by atoms with Gasteiger partial charge in [0.2, 0.25) is 0 Å². The van der Waals surface area contributed by atoms with Gasteiger partial charge in [-0.25, -0.2) is 0 Å².